The summed E-state index contributed by atoms with van der Waals surface area (Å²) < 4.78 is 0. The molecule has 3 nitrogen and oxygen atoms in total. The van der Waals surface area contributed by atoms with Crippen LogP contribution in [-0.4, -0.2) is 11.0 Å². The minimum atomic E-state index is -1.47. The van der Waals surface area contributed by atoms with Crippen LogP contribution in [0.15, 0.2) is 53.1 Å². The van der Waals surface area contributed by atoms with Gasteiger partial charge in [-0.1, -0.05) is 24.3 Å². The summed E-state index contributed by atoms with van der Waals surface area (Å²) >= 11 is 4.21. The number of nitrogens with one attached hydrogen (secondary N) is 1. The second-order valence-corrected chi connectivity index (χ2v) is 5.12. The predicted octanol–water partition coefficient (Wildman–Crippen LogP) is 1.75. The fourth-order valence-electron chi connectivity index (χ4n) is 2.59. The highest BCUT2D eigenvalue weighted by Gasteiger charge is 2.52. The van der Waals surface area contributed by atoms with Crippen LogP contribution in [0.5, 0.6) is 0 Å². The molecule has 1 fully saturated rings. The minimum Gasteiger partial charge on any atom is -0.375 e. The second-order valence-electron chi connectivity index (χ2n) is 4.61. The lowest BCUT2D eigenvalue weighted by Gasteiger charge is -2.27. The third kappa shape index (κ3) is 1.53. The van der Waals surface area contributed by atoms with E-state index in [1.54, 1.807) is 24.3 Å². The van der Waals surface area contributed by atoms with Crippen molar-refractivity contribution in [3.63, 3.8) is 0 Å². The number of carbonyl (C=O) groups is 1. The van der Waals surface area contributed by atoms with Gasteiger partial charge in [-0.3, -0.25) is 4.79 Å². The van der Waals surface area contributed by atoms with E-state index in [0.717, 1.165) is 10.6 Å². The monoisotopic (exact) mass is 259 g/mol. The lowest BCUT2D eigenvalue weighted by molar-refractivity contribution is -0.139. The SMILES string of the molecule is O=C1NC2=CC=CCC2C1(O)c1ccc(S)cc1. The zero-order chi connectivity index (χ0) is 12.8. The molecule has 0 radical (unpaired) electrons. The molecule has 1 heterocycles. The van der Waals surface area contributed by atoms with Crippen molar-refractivity contribution in [1.82, 2.24) is 5.32 Å². The van der Waals surface area contributed by atoms with Gasteiger partial charge in [-0.25, -0.2) is 0 Å². The van der Waals surface area contributed by atoms with E-state index in [4.69, 9.17) is 0 Å². The van der Waals surface area contributed by atoms with E-state index < -0.39 is 5.60 Å². The predicted molar refractivity (Wildman–Crippen MR) is 71.1 cm³/mol. The van der Waals surface area contributed by atoms with E-state index in [9.17, 15) is 9.90 Å². The van der Waals surface area contributed by atoms with Crippen molar-refractivity contribution in [2.24, 2.45) is 5.92 Å². The van der Waals surface area contributed by atoms with E-state index in [1.165, 1.54) is 0 Å². The van der Waals surface area contributed by atoms with Gasteiger partial charge in [-0.15, -0.1) is 12.6 Å². The molecule has 1 aromatic rings. The first-order chi connectivity index (χ1) is 8.62. The zero-order valence-corrected chi connectivity index (χ0v) is 10.5. The molecule has 0 spiro atoms. The maximum Gasteiger partial charge on any atom is 0.261 e. The smallest absolute Gasteiger partial charge is 0.261 e. The number of amides is 1. The molecule has 2 atom stereocenters. The minimum absolute atomic E-state index is 0.222. The van der Waals surface area contributed by atoms with Crippen molar-refractivity contribution < 1.29 is 9.90 Å². The number of benzene rings is 1. The maximum absolute atomic E-state index is 12.1. The van der Waals surface area contributed by atoms with Crippen LogP contribution in [0.3, 0.4) is 0 Å². The second kappa shape index (κ2) is 4.00. The molecule has 1 aliphatic heterocycles. The lowest BCUT2D eigenvalue weighted by atomic mass is 9.79. The number of fused-ring (bicyclic) bond motifs is 1. The van der Waals surface area contributed by atoms with Crippen LogP contribution in [-0.2, 0) is 10.4 Å². The Morgan fingerprint density at radius 2 is 2.06 bits per heavy atom. The topological polar surface area (TPSA) is 49.3 Å². The van der Waals surface area contributed by atoms with E-state index in [0.29, 0.717) is 12.0 Å². The first-order valence-corrected chi connectivity index (χ1v) is 6.27. The molecule has 2 unspecified atom stereocenters. The van der Waals surface area contributed by atoms with E-state index in [-0.39, 0.29) is 11.8 Å². The Morgan fingerprint density at radius 3 is 2.78 bits per heavy atom. The standard InChI is InChI=1S/C14H13NO2S/c16-13-14(17,9-5-7-10(18)8-6-9)11-3-1-2-4-12(11)15-13/h1-2,4-8,11,17-18H,3H2,(H,15,16). The average Bonchev–Trinajstić information content (AvgIpc) is 2.64. The van der Waals surface area contributed by atoms with Gasteiger partial charge in [-0.2, -0.15) is 0 Å². The van der Waals surface area contributed by atoms with Crippen LogP contribution in [0.25, 0.3) is 0 Å². The summed E-state index contributed by atoms with van der Waals surface area (Å²) in [6, 6.07) is 7.07. The van der Waals surface area contributed by atoms with E-state index in [1.807, 2.05) is 18.2 Å². The Hall–Kier alpha value is -1.52. The Labute approximate surface area is 111 Å². The summed E-state index contributed by atoms with van der Waals surface area (Å²) in [5, 5.41) is 13.6. The molecule has 2 N–H and O–H groups in total. The van der Waals surface area contributed by atoms with Crippen molar-refractivity contribution in [1.29, 1.82) is 0 Å². The van der Waals surface area contributed by atoms with Gasteiger partial charge in [0.25, 0.3) is 5.91 Å². The van der Waals surface area contributed by atoms with Gasteiger partial charge in [0.2, 0.25) is 0 Å². The number of hydrogen-bond acceptors (Lipinski definition) is 3. The molecule has 3 rings (SSSR count). The van der Waals surface area contributed by atoms with Gasteiger partial charge in [-0.05, 0) is 30.2 Å². The zero-order valence-electron chi connectivity index (χ0n) is 9.63. The molecule has 4 heteroatoms. The maximum atomic E-state index is 12.1. The van der Waals surface area contributed by atoms with Crippen LogP contribution in [0.1, 0.15) is 12.0 Å². The van der Waals surface area contributed by atoms with Gasteiger partial charge in [0, 0.05) is 16.5 Å². The molecular weight excluding hydrogens is 246 g/mol. The quantitative estimate of drug-likeness (QED) is 0.673. The Kier molecular flexibility index (Phi) is 2.57. The fourth-order valence-corrected chi connectivity index (χ4v) is 2.74. The van der Waals surface area contributed by atoms with Gasteiger partial charge < -0.3 is 10.4 Å². The largest absolute Gasteiger partial charge is 0.375 e. The summed E-state index contributed by atoms with van der Waals surface area (Å²) in [6.07, 6.45) is 6.36. The Balaban J connectivity index is 2.08. The summed E-state index contributed by atoms with van der Waals surface area (Å²) in [6.45, 7) is 0. The molecule has 2 aliphatic rings. The molecule has 1 saturated heterocycles. The van der Waals surface area contributed by atoms with Gasteiger partial charge in [0.05, 0.1) is 0 Å². The first kappa shape index (κ1) is 11.6. The number of aliphatic hydroxyl groups is 1. The normalized spacial score (nSPS) is 29.8. The van der Waals surface area contributed by atoms with Gasteiger partial charge in [0.15, 0.2) is 5.60 Å². The van der Waals surface area contributed by atoms with Gasteiger partial charge in [0.1, 0.15) is 0 Å². The number of carbonyl (C=O) groups excluding carboxylic acids is 1. The molecule has 92 valence electrons. The fraction of sp³-hybridized carbons (Fsp3) is 0.214. The van der Waals surface area contributed by atoms with Crippen molar-refractivity contribution in [3.05, 3.63) is 53.8 Å². The van der Waals surface area contributed by atoms with Crippen molar-refractivity contribution in [2.75, 3.05) is 0 Å². The highest BCUT2D eigenvalue weighted by Crippen LogP contribution is 2.42. The van der Waals surface area contributed by atoms with Crippen molar-refractivity contribution >= 4 is 18.5 Å². The van der Waals surface area contributed by atoms with Crippen LogP contribution in [0.4, 0.5) is 0 Å². The third-order valence-corrected chi connectivity index (χ3v) is 3.87. The third-order valence-electron chi connectivity index (χ3n) is 3.57. The van der Waals surface area contributed by atoms with Crippen molar-refractivity contribution in [2.45, 2.75) is 16.9 Å². The molecule has 1 aromatic carbocycles. The summed E-state index contributed by atoms with van der Waals surface area (Å²) in [7, 11) is 0. The van der Waals surface area contributed by atoms with Crippen LogP contribution >= 0.6 is 12.6 Å². The Bertz CT molecular complexity index is 562. The molecule has 0 bridgehead atoms. The number of thiol groups is 1. The van der Waals surface area contributed by atoms with Gasteiger partial charge >= 0.3 is 0 Å². The number of hydrogen-bond donors (Lipinski definition) is 3. The Morgan fingerprint density at radius 1 is 1.33 bits per heavy atom. The number of allylic oxidation sites excluding steroid dienone is 3. The first-order valence-electron chi connectivity index (χ1n) is 5.82. The molecular formula is C14H13NO2S. The average molecular weight is 259 g/mol. The summed E-state index contributed by atoms with van der Waals surface area (Å²) in [5.74, 6) is -0.574. The molecule has 1 amide bonds. The molecule has 18 heavy (non-hydrogen) atoms. The molecule has 0 saturated carbocycles. The van der Waals surface area contributed by atoms with Crippen LogP contribution < -0.4 is 5.32 Å². The van der Waals surface area contributed by atoms with E-state index >= 15 is 0 Å². The highest BCUT2D eigenvalue weighted by molar-refractivity contribution is 7.80. The molecule has 0 aromatic heterocycles. The van der Waals surface area contributed by atoms with E-state index in [2.05, 4.69) is 17.9 Å². The van der Waals surface area contributed by atoms with Crippen LogP contribution in [0, 0.1) is 5.92 Å². The van der Waals surface area contributed by atoms with Crippen LogP contribution in [0.2, 0.25) is 0 Å². The lowest BCUT2D eigenvalue weighted by Crippen LogP contribution is -2.39. The number of rotatable bonds is 1. The highest BCUT2D eigenvalue weighted by atomic mass is 32.1. The van der Waals surface area contributed by atoms with Crippen molar-refractivity contribution in [3.8, 4) is 0 Å². The summed E-state index contributed by atoms with van der Waals surface area (Å²) in [5.41, 5.74) is -0.0700. The summed E-state index contributed by atoms with van der Waals surface area (Å²) in [4.78, 5) is 12.9. The molecule has 1 aliphatic carbocycles.